The van der Waals surface area contributed by atoms with Crippen LogP contribution in [0.3, 0.4) is 0 Å². The highest BCUT2D eigenvalue weighted by molar-refractivity contribution is 7.27. The van der Waals surface area contributed by atoms with Gasteiger partial charge in [0, 0.05) is 40.8 Å². The van der Waals surface area contributed by atoms with E-state index in [9.17, 15) is 9.59 Å². The van der Waals surface area contributed by atoms with E-state index in [0.717, 1.165) is 44.2 Å². The number of aryl methyl sites for hydroxylation is 1. The minimum atomic E-state index is -0.103. The van der Waals surface area contributed by atoms with Crippen LogP contribution in [0.1, 0.15) is 50.0 Å². The Labute approximate surface area is 237 Å². The molecule has 1 heterocycles. The summed E-state index contributed by atoms with van der Waals surface area (Å²) in [5, 5.41) is 5.12. The van der Waals surface area contributed by atoms with Crippen molar-refractivity contribution < 1.29 is 14.3 Å². The molecule has 1 amide bonds. The SMILES string of the molecule is COc1ccc(CNC(=O)c2ccc3c(c2)c(C)c(C)n3Cc2ccc(-c3ccccc3C(C)=O)cc2)c(P)c1. The number of fused-ring (bicyclic) bond motifs is 1. The van der Waals surface area contributed by atoms with Gasteiger partial charge < -0.3 is 14.6 Å². The largest absolute Gasteiger partial charge is 0.497 e. The zero-order chi connectivity index (χ0) is 28.4. The zero-order valence-electron chi connectivity index (χ0n) is 23.2. The Balaban J connectivity index is 1.35. The van der Waals surface area contributed by atoms with Gasteiger partial charge in [-0.25, -0.2) is 0 Å². The number of ketones is 1. The first-order valence-corrected chi connectivity index (χ1v) is 13.8. The van der Waals surface area contributed by atoms with E-state index in [2.05, 4.69) is 57.2 Å². The molecule has 0 saturated carbocycles. The number of carbonyl (C=O) groups is 2. The molecule has 5 nitrogen and oxygen atoms in total. The van der Waals surface area contributed by atoms with Crippen LogP contribution in [-0.4, -0.2) is 23.4 Å². The molecule has 1 N–H and O–H groups in total. The van der Waals surface area contributed by atoms with Gasteiger partial charge in [-0.1, -0.05) is 54.6 Å². The first-order valence-electron chi connectivity index (χ1n) is 13.3. The smallest absolute Gasteiger partial charge is 0.251 e. The van der Waals surface area contributed by atoms with Gasteiger partial charge in [0.2, 0.25) is 0 Å². The molecule has 6 heteroatoms. The van der Waals surface area contributed by atoms with Crippen molar-refractivity contribution in [3.8, 4) is 16.9 Å². The van der Waals surface area contributed by atoms with Crippen molar-refractivity contribution in [2.24, 2.45) is 0 Å². The molecular weight excluding hydrogens is 515 g/mol. The van der Waals surface area contributed by atoms with Crippen molar-refractivity contribution in [2.75, 3.05) is 7.11 Å². The quantitative estimate of drug-likeness (QED) is 0.175. The van der Waals surface area contributed by atoms with Gasteiger partial charge in [0.1, 0.15) is 5.75 Å². The third-order valence-corrected chi connectivity index (χ3v) is 8.14. The van der Waals surface area contributed by atoms with E-state index >= 15 is 0 Å². The molecule has 0 fully saturated rings. The summed E-state index contributed by atoms with van der Waals surface area (Å²) in [7, 11) is 4.34. The third-order valence-electron chi connectivity index (χ3n) is 7.61. The molecular formula is C34H33N2O3P. The van der Waals surface area contributed by atoms with Crippen LogP contribution < -0.4 is 15.4 Å². The van der Waals surface area contributed by atoms with Crippen molar-refractivity contribution in [3.63, 3.8) is 0 Å². The molecule has 0 aliphatic carbocycles. The maximum Gasteiger partial charge on any atom is 0.251 e. The Morgan fingerprint density at radius 2 is 1.68 bits per heavy atom. The van der Waals surface area contributed by atoms with Crippen molar-refractivity contribution in [3.05, 3.63) is 118 Å². The molecule has 0 spiro atoms. The second-order valence-corrected chi connectivity index (χ2v) is 10.7. The van der Waals surface area contributed by atoms with E-state index in [-0.39, 0.29) is 11.7 Å². The fourth-order valence-corrected chi connectivity index (χ4v) is 5.51. The van der Waals surface area contributed by atoms with E-state index in [1.54, 1.807) is 14.0 Å². The highest BCUT2D eigenvalue weighted by Crippen LogP contribution is 2.29. The fraction of sp³-hybridized carbons (Fsp3) is 0.176. The van der Waals surface area contributed by atoms with E-state index in [4.69, 9.17) is 4.74 Å². The van der Waals surface area contributed by atoms with Crippen LogP contribution in [0.4, 0.5) is 0 Å². The van der Waals surface area contributed by atoms with Gasteiger partial charge >= 0.3 is 0 Å². The predicted octanol–water partition coefficient (Wildman–Crippen LogP) is 6.62. The topological polar surface area (TPSA) is 60.3 Å². The van der Waals surface area contributed by atoms with Crippen LogP contribution in [-0.2, 0) is 13.1 Å². The van der Waals surface area contributed by atoms with Gasteiger partial charge in [-0.2, -0.15) is 0 Å². The van der Waals surface area contributed by atoms with Crippen molar-refractivity contribution >= 4 is 37.1 Å². The molecule has 1 aromatic heterocycles. The summed E-state index contributed by atoms with van der Waals surface area (Å²) in [6.45, 7) is 6.98. The number of nitrogens with one attached hydrogen (secondary N) is 1. The molecule has 0 bridgehead atoms. The van der Waals surface area contributed by atoms with Crippen molar-refractivity contribution in [1.82, 2.24) is 9.88 Å². The zero-order valence-corrected chi connectivity index (χ0v) is 24.4. The molecule has 40 heavy (non-hydrogen) atoms. The Bertz CT molecular complexity index is 1730. The van der Waals surface area contributed by atoms with Gasteiger partial charge in [-0.3, -0.25) is 9.59 Å². The predicted molar refractivity (Wildman–Crippen MR) is 166 cm³/mol. The molecule has 1 atom stereocenters. The molecule has 1 unspecified atom stereocenters. The normalized spacial score (nSPS) is 11.0. The number of hydrogen-bond acceptors (Lipinski definition) is 3. The first-order chi connectivity index (χ1) is 19.3. The van der Waals surface area contributed by atoms with Gasteiger partial charge in [0.05, 0.1) is 7.11 Å². The van der Waals surface area contributed by atoms with Gasteiger partial charge in [-0.05, 0) is 84.2 Å². The Hall–Kier alpha value is -4.21. The Kier molecular flexibility index (Phi) is 7.86. The number of Topliss-reactive ketones (excluding diaryl/α,β-unsaturated/α-hetero) is 1. The summed E-state index contributed by atoms with van der Waals surface area (Å²) < 4.78 is 7.56. The Morgan fingerprint density at radius 1 is 0.925 bits per heavy atom. The molecule has 5 rings (SSSR count). The lowest BCUT2D eigenvalue weighted by molar-refractivity contribution is 0.0950. The first kappa shape index (κ1) is 27.4. The maximum absolute atomic E-state index is 13.0. The minimum Gasteiger partial charge on any atom is -0.497 e. The van der Waals surface area contributed by atoms with E-state index < -0.39 is 0 Å². The summed E-state index contributed by atoms with van der Waals surface area (Å²) in [5.74, 6) is 0.746. The number of nitrogens with zero attached hydrogens (tertiary/aromatic N) is 1. The van der Waals surface area contributed by atoms with Crippen LogP contribution in [0.2, 0.25) is 0 Å². The number of ether oxygens (including phenoxy) is 1. The second kappa shape index (κ2) is 11.5. The maximum atomic E-state index is 13.0. The second-order valence-electron chi connectivity index (χ2n) is 10.1. The van der Waals surface area contributed by atoms with Gasteiger partial charge in [-0.15, -0.1) is 9.24 Å². The van der Waals surface area contributed by atoms with Crippen LogP contribution in [0.5, 0.6) is 5.75 Å². The number of carbonyl (C=O) groups excluding carboxylic acids is 2. The summed E-state index contributed by atoms with van der Waals surface area (Å²) in [4.78, 5) is 25.1. The molecule has 4 aromatic carbocycles. The average molecular weight is 549 g/mol. The van der Waals surface area contributed by atoms with Gasteiger partial charge in [0.25, 0.3) is 5.91 Å². The molecule has 5 aromatic rings. The highest BCUT2D eigenvalue weighted by atomic mass is 31.0. The molecule has 202 valence electrons. The lowest BCUT2D eigenvalue weighted by atomic mass is 9.97. The van der Waals surface area contributed by atoms with Crippen LogP contribution >= 0.6 is 9.24 Å². The summed E-state index contributed by atoms with van der Waals surface area (Å²) in [5.41, 5.74) is 8.97. The molecule has 0 saturated heterocycles. The molecule has 0 radical (unpaired) electrons. The number of rotatable bonds is 8. The number of aromatic nitrogens is 1. The van der Waals surface area contributed by atoms with Crippen LogP contribution in [0.15, 0.2) is 84.9 Å². The van der Waals surface area contributed by atoms with Crippen LogP contribution in [0, 0.1) is 13.8 Å². The Morgan fingerprint density at radius 3 is 2.38 bits per heavy atom. The highest BCUT2D eigenvalue weighted by Gasteiger charge is 2.15. The van der Waals surface area contributed by atoms with Crippen molar-refractivity contribution in [1.29, 1.82) is 0 Å². The minimum absolute atomic E-state index is 0.0625. The van der Waals surface area contributed by atoms with Crippen LogP contribution in [0.25, 0.3) is 22.0 Å². The summed E-state index contributed by atoms with van der Waals surface area (Å²) >= 11 is 0. The van der Waals surface area contributed by atoms with E-state index in [1.165, 1.54) is 16.8 Å². The number of benzene rings is 4. The number of hydrogen-bond donors (Lipinski definition) is 1. The number of methoxy groups -OCH3 is 1. The number of amides is 1. The summed E-state index contributed by atoms with van der Waals surface area (Å²) in [6, 6.07) is 27.8. The standard InChI is InChI=1S/C34H33N2O3P/c1-21-22(2)36(20-24-9-11-25(12-10-24)30-8-6-5-7-29(30)23(3)37)32-16-14-26(17-31(21)32)34(38)35-19-27-13-15-28(39-4)18-33(27)40/h5-18H,19-20,40H2,1-4H3,(H,35,38). The molecule has 0 aliphatic heterocycles. The van der Waals surface area contributed by atoms with Gasteiger partial charge in [0.15, 0.2) is 5.78 Å². The lowest BCUT2D eigenvalue weighted by Gasteiger charge is -2.12. The van der Waals surface area contributed by atoms with E-state index in [1.807, 2.05) is 60.7 Å². The van der Waals surface area contributed by atoms with Crippen molar-refractivity contribution in [2.45, 2.75) is 33.9 Å². The monoisotopic (exact) mass is 548 g/mol. The fourth-order valence-electron chi connectivity index (χ4n) is 5.15. The summed E-state index contributed by atoms with van der Waals surface area (Å²) in [6.07, 6.45) is 0. The third kappa shape index (κ3) is 5.43. The lowest BCUT2D eigenvalue weighted by Crippen LogP contribution is -2.24. The average Bonchev–Trinajstić information content (AvgIpc) is 3.20. The van der Waals surface area contributed by atoms with E-state index in [0.29, 0.717) is 18.7 Å². The molecule has 0 aliphatic rings.